The summed E-state index contributed by atoms with van der Waals surface area (Å²) in [5, 5.41) is 0. The molecule has 0 saturated carbocycles. The van der Waals surface area contributed by atoms with Crippen molar-refractivity contribution in [3.63, 3.8) is 0 Å². The van der Waals surface area contributed by atoms with E-state index in [2.05, 4.69) is 22.1 Å². The first-order valence-corrected chi connectivity index (χ1v) is 6.42. The molecule has 0 saturated heterocycles. The predicted octanol–water partition coefficient (Wildman–Crippen LogP) is 2.14. The molecular weight excluding hydrogens is 252 g/mol. The molecule has 2 aromatic heterocycles. The Kier molecular flexibility index (Phi) is 3.16. The van der Waals surface area contributed by atoms with E-state index in [0.717, 1.165) is 6.42 Å². The molecule has 0 unspecified atom stereocenters. The summed E-state index contributed by atoms with van der Waals surface area (Å²) in [5.74, 6) is 0.648. The second-order valence-corrected chi connectivity index (χ2v) is 4.53. The number of hydrogen-bond acceptors (Lipinski definition) is 3. The van der Waals surface area contributed by atoms with E-state index in [4.69, 9.17) is 5.73 Å². The minimum atomic E-state index is -0.547. The van der Waals surface area contributed by atoms with Crippen molar-refractivity contribution in [3.8, 4) is 0 Å². The van der Waals surface area contributed by atoms with Crippen molar-refractivity contribution in [3.05, 3.63) is 60.0 Å². The zero-order valence-corrected chi connectivity index (χ0v) is 10.9. The molecule has 0 atom stereocenters. The van der Waals surface area contributed by atoms with Crippen molar-refractivity contribution >= 4 is 17.2 Å². The second kappa shape index (κ2) is 5.13. The maximum atomic E-state index is 11.6. The van der Waals surface area contributed by atoms with Crippen molar-refractivity contribution in [2.45, 2.75) is 12.8 Å². The Hall–Kier alpha value is -2.69. The van der Waals surface area contributed by atoms with E-state index >= 15 is 0 Å². The molecule has 2 heterocycles. The molecule has 2 N–H and O–H groups in total. The lowest BCUT2D eigenvalue weighted by molar-refractivity contribution is 0.250. The number of nitrogens with zero attached hydrogens (tertiary/aromatic N) is 3. The summed E-state index contributed by atoms with van der Waals surface area (Å²) >= 11 is 0. The highest BCUT2D eigenvalue weighted by atomic mass is 16.2. The zero-order valence-electron chi connectivity index (χ0n) is 10.9. The number of imidazole rings is 1. The van der Waals surface area contributed by atoms with Gasteiger partial charge in [-0.3, -0.25) is 0 Å². The van der Waals surface area contributed by atoms with Crippen LogP contribution in [0.2, 0.25) is 0 Å². The van der Waals surface area contributed by atoms with Gasteiger partial charge in [0, 0.05) is 12.6 Å². The van der Waals surface area contributed by atoms with Crippen LogP contribution < -0.4 is 5.73 Å². The van der Waals surface area contributed by atoms with Gasteiger partial charge in [-0.15, -0.1) is 0 Å². The second-order valence-electron chi connectivity index (χ2n) is 4.53. The maximum Gasteiger partial charge on any atom is 0.326 e. The molecule has 100 valence electrons. The number of hydrogen-bond donors (Lipinski definition) is 1. The average Bonchev–Trinajstić information content (AvgIpc) is 2.84. The van der Waals surface area contributed by atoms with Crippen LogP contribution in [0.5, 0.6) is 0 Å². The van der Waals surface area contributed by atoms with Crippen LogP contribution in [0, 0.1) is 0 Å². The van der Waals surface area contributed by atoms with Crippen LogP contribution in [-0.2, 0) is 12.8 Å². The Labute approximate surface area is 116 Å². The summed E-state index contributed by atoms with van der Waals surface area (Å²) in [7, 11) is 0. The van der Waals surface area contributed by atoms with Gasteiger partial charge in [0.15, 0.2) is 5.65 Å². The normalized spacial score (nSPS) is 10.8. The molecule has 0 aliphatic heterocycles. The van der Waals surface area contributed by atoms with Crippen LogP contribution in [0.15, 0.2) is 48.7 Å². The van der Waals surface area contributed by atoms with Gasteiger partial charge in [0.2, 0.25) is 0 Å². The van der Waals surface area contributed by atoms with E-state index in [0.29, 0.717) is 23.4 Å². The lowest BCUT2D eigenvalue weighted by atomic mass is 10.1. The molecule has 3 aromatic rings. The van der Waals surface area contributed by atoms with Gasteiger partial charge < -0.3 is 5.73 Å². The molecule has 0 fully saturated rings. The Morgan fingerprint density at radius 3 is 2.65 bits per heavy atom. The number of amides is 1. The number of carbonyl (C=O) groups excluding carboxylic acids is 1. The molecule has 0 spiro atoms. The molecule has 1 aromatic carbocycles. The number of primary amides is 1. The highest BCUT2D eigenvalue weighted by Crippen LogP contribution is 2.14. The van der Waals surface area contributed by atoms with Gasteiger partial charge in [-0.2, -0.15) is 0 Å². The number of rotatable bonds is 3. The summed E-state index contributed by atoms with van der Waals surface area (Å²) in [6, 6.07) is 13.1. The maximum absolute atomic E-state index is 11.6. The minimum absolute atomic E-state index is 0.517. The van der Waals surface area contributed by atoms with E-state index in [9.17, 15) is 4.79 Å². The van der Waals surface area contributed by atoms with Crippen molar-refractivity contribution in [1.29, 1.82) is 0 Å². The van der Waals surface area contributed by atoms with Crippen molar-refractivity contribution in [2.75, 3.05) is 0 Å². The third kappa shape index (κ3) is 2.25. The lowest BCUT2D eigenvalue weighted by Gasteiger charge is -2.04. The fraction of sp³-hybridized carbons (Fsp3) is 0.133. The highest BCUT2D eigenvalue weighted by molar-refractivity contribution is 5.86. The Morgan fingerprint density at radius 1 is 1.10 bits per heavy atom. The van der Waals surface area contributed by atoms with Gasteiger partial charge in [0.05, 0.1) is 0 Å². The lowest BCUT2D eigenvalue weighted by Crippen LogP contribution is -2.22. The van der Waals surface area contributed by atoms with E-state index in [1.54, 1.807) is 12.3 Å². The molecule has 20 heavy (non-hydrogen) atoms. The number of nitrogens with two attached hydrogens (primary N) is 1. The first-order chi connectivity index (χ1) is 9.75. The van der Waals surface area contributed by atoms with E-state index < -0.39 is 6.03 Å². The van der Waals surface area contributed by atoms with Crippen molar-refractivity contribution < 1.29 is 4.79 Å². The number of fused-ring (bicyclic) bond motifs is 1. The van der Waals surface area contributed by atoms with Gasteiger partial charge in [-0.05, 0) is 24.1 Å². The topological polar surface area (TPSA) is 73.8 Å². The standard InChI is InChI=1S/C15H14N4O/c16-15(20)19-13(9-8-11-5-2-1-3-6-11)18-12-7-4-10-17-14(12)19/h1-7,10H,8-9H2,(H2,16,20). The molecule has 0 bridgehead atoms. The number of carbonyl (C=O) groups is 1. The Balaban J connectivity index is 1.95. The molecule has 0 radical (unpaired) electrons. The summed E-state index contributed by atoms with van der Waals surface area (Å²) in [5.41, 5.74) is 7.84. The average molecular weight is 266 g/mol. The summed E-state index contributed by atoms with van der Waals surface area (Å²) < 4.78 is 1.39. The van der Waals surface area contributed by atoms with Gasteiger partial charge in [-0.25, -0.2) is 19.3 Å². The fourth-order valence-corrected chi connectivity index (χ4v) is 2.26. The number of aryl methyl sites for hydroxylation is 2. The molecular formula is C15H14N4O. The molecule has 5 heteroatoms. The monoisotopic (exact) mass is 266 g/mol. The smallest absolute Gasteiger partial charge is 0.326 e. The summed E-state index contributed by atoms with van der Waals surface area (Å²) in [4.78, 5) is 20.2. The van der Waals surface area contributed by atoms with Crippen LogP contribution in [0.3, 0.4) is 0 Å². The number of pyridine rings is 1. The minimum Gasteiger partial charge on any atom is -0.351 e. The van der Waals surface area contributed by atoms with Gasteiger partial charge in [0.1, 0.15) is 11.3 Å². The van der Waals surface area contributed by atoms with Crippen LogP contribution in [0.1, 0.15) is 11.4 Å². The molecule has 1 amide bonds. The third-order valence-corrected chi connectivity index (χ3v) is 3.19. The quantitative estimate of drug-likeness (QED) is 0.789. The van der Waals surface area contributed by atoms with Gasteiger partial charge >= 0.3 is 6.03 Å². The molecule has 3 rings (SSSR count). The Morgan fingerprint density at radius 2 is 1.90 bits per heavy atom. The van der Waals surface area contributed by atoms with Crippen molar-refractivity contribution in [2.24, 2.45) is 5.73 Å². The number of benzene rings is 1. The van der Waals surface area contributed by atoms with Crippen LogP contribution in [0.25, 0.3) is 11.2 Å². The van der Waals surface area contributed by atoms with E-state index in [1.807, 2.05) is 24.3 Å². The Bertz CT molecular complexity index is 749. The summed E-state index contributed by atoms with van der Waals surface area (Å²) in [6.07, 6.45) is 3.07. The van der Waals surface area contributed by atoms with E-state index in [-0.39, 0.29) is 0 Å². The number of aromatic nitrogens is 3. The zero-order chi connectivity index (χ0) is 13.9. The molecule has 0 aliphatic rings. The highest BCUT2D eigenvalue weighted by Gasteiger charge is 2.14. The molecule has 5 nitrogen and oxygen atoms in total. The van der Waals surface area contributed by atoms with E-state index in [1.165, 1.54) is 10.1 Å². The van der Waals surface area contributed by atoms with Gasteiger partial charge in [0.25, 0.3) is 0 Å². The van der Waals surface area contributed by atoms with Crippen molar-refractivity contribution in [1.82, 2.24) is 14.5 Å². The first kappa shape index (κ1) is 12.3. The first-order valence-electron chi connectivity index (χ1n) is 6.42. The summed E-state index contributed by atoms with van der Waals surface area (Å²) in [6.45, 7) is 0. The molecule has 0 aliphatic carbocycles. The SMILES string of the molecule is NC(=O)n1c(CCc2ccccc2)nc2cccnc21. The third-order valence-electron chi connectivity index (χ3n) is 3.19. The van der Waals surface area contributed by atoms with Crippen LogP contribution in [0.4, 0.5) is 4.79 Å². The fourth-order valence-electron chi connectivity index (χ4n) is 2.26. The van der Waals surface area contributed by atoms with Gasteiger partial charge in [-0.1, -0.05) is 30.3 Å². The largest absolute Gasteiger partial charge is 0.351 e. The van der Waals surface area contributed by atoms with Crippen LogP contribution in [-0.4, -0.2) is 20.6 Å². The predicted molar refractivity (Wildman–Crippen MR) is 76.4 cm³/mol. The van der Waals surface area contributed by atoms with Crippen LogP contribution >= 0.6 is 0 Å².